The van der Waals surface area contributed by atoms with Crippen LogP contribution in [0.15, 0.2) is 59.8 Å². The van der Waals surface area contributed by atoms with Gasteiger partial charge in [-0.3, -0.25) is 4.21 Å². The second-order valence-electron chi connectivity index (χ2n) is 4.33. The predicted octanol–water partition coefficient (Wildman–Crippen LogP) is 2.57. The zero-order valence-electron chi connectivity index (χ0n) is 10.9. The molecule has 3 rings (SSSR count). The van der Waals surface area contributed by atoms with E-state index in [2.05, 4.69) is 38.1 Å². The van der Waals surface area contributed by atoms with Gasteiger partial charge in [-0.25, -0.2) is 0 Å². The summed E-state index contributed by atoms with van der Waals surface area (Å²) in [5.74, 6) is 0.394. The number of halogens is 1. The van der Waals surface area contributed by atoms with Crippen LogP contribution >= 0.6 is 22.6 Å². The molecule has 2 aromatic carbocycles. The van der Waals surface area contributed by atoms with Crippen LogP contribution in [0.4, 0.5) is 0 Å². The summed E-state index contributed by atoms with van der Waals surface area (Å²) in [6.07, 6.45) is 0. The molecule has 0 aliphatic heterocycles. The predicted molar refractivity (Wildman–Crippen MR) is 88.4 cm³/mol. The van der Waals surface area contributed by atoms with Gasteiger partial charge < -0.3 is 0 Å². The molecular formula is C14H11IN4OS. The molecule has 1 heterocycles. The smallest absolute Gasteiger partial charge is 0.244 e. The maximum absolute atomic E-state index is 12.5. The fraction of sp³-hybridized carbons (Fsp3) is 0.0714. The van der Waals surface area contributed by atoms with Gasteiger partial charge in [-0.2, -0.15) is 4.68 Å². The number of benzene rings is 2. The number of hydrogen-bond acceptors (Lipinski definition) is 4. The zero-order chi connectivity index (χ0) is 14.7. The van der Waals surface area contributed by atoms with Crippen molar-refractivity contribution in [2.45, 2.75) is 10.9 Å². The minimum absolute atomic E-state index is 0.361. The molecule has 0 saturated heterocycles. The maximum Gasteiger partial charge on any atom is 0.244 e. The zero-order valence-corrected chi connectivity index (χ0v) is 13.9. The van der Waals surface area contributed by atoms with Crippen molar-refractivity contribution in [3.8, 4) is 5.69 Å². The number of rotatable bonds is 4. The van der Waals surface area contributed by atoms with Crippen molar-refractivity contribution in [1.82, 2.24) is 20.2 Å². The summed E-state index contributed by atoms with van der Waals surface area (Å²) in [6.45, 7) is 0. The normalized spacial score (nSPS) is 12.2. The molecule has 0 amide bonds. The molecule has 0 bridgehead atoms. The van der Waals surface area contributed by atoms with Crippen molar-refractivity contribution >= 4 is 33.4 Å². The van der Waals surface area contributed by atoms with E-state index in [9.17, 15) is 4.21 Å². The largest absolute Gasteiger partial charge is 0.251 e. The summed E-state index contributed by atoms with van der Waals surface area (Å²) in [4.78, 5) is 0. The minimum Gasteiger partial charge on any atom is -0.251 e. The molecular weight excluding hydrogens is 399 g/mol. The number of hydrogen-bond donors (Lipinski definition) is 0. The lowest BCUT2D eigenvalue weighted by atomic mass is 10.2. The van der Waals surface area contributed by atoms with Gasteiger partial charge in [0.1, 0.15) is 0 Å². The van der Waals surface area contributed by atoms with E-state index < -0.39 is 10.8 Å². The fourth-order valence-electron chi connectivity index (χ4n) is 1.86. The number of tetrazole rings is 1. The number of nitrogens with zero attached hydrogens (tertiary/aromatic N) is 4. The van der Waals surface area contributed by atoms with E-state index in [0.29, 0.717) is 10.9 Å². The molecule has 5 nitrogen and oxygen atoms in total. The van der Waals surface area contributed by atoms with E-state index in [1.165, 1.54) is 4.68 Å². The molecule has 0 saturated carbocycles. The Labute approximate surface area is 138 Å². The van der Waals surface area contributed by atoms with Gasteiger partial charge in [-0.05, 0) is 62.8 Å². The Morgan fingerprint density at radius 3 is 2.48 bits per heavy atom. The highest BCUT2D eigenvalue weighted by molar-refractivity contribution is 14.1. The molecule has 7 heteroatoms. The molecule has 3 aromatic rings. The second kappa shape index (κ2) is 6.44. The van der Waals surface area contributed by atoms with Gasteiger partial charge in [0, 0.05) is 3.57 Å². The topological polar surface area (TPSA) is 60.7 Å². The lowest BCUT2D eigenvalue weighted by Gasteiger charge is -2.04. The van der Waals surface area contributed by atoms with E-state index in [0.717, 1.165) is 14.8 Å². The van der Waals surface area contributed by atoms with Crippen molar-refractivity contribution in [1.29, 1.82) is 0 Å². The summed E-state index contributed by atoms with van der Waals surface area (Å²) in [6, 6.07) is 17.4. The van der Waals surface area contributed by atoms with Gasteiger partial charge >= 0.3 is 0 Å². The average Bonchev–Trinajstić information content (AvgIpc) is 2.98. The van der Waals surface area contributed by atoms with Crippen molar-refractivity contribution in [2.24, 2.45) is 0 Å². The first kappa shape index (κ1) is 14.3. The Hall–Kier alpha value is -1.61. The fourth-order valence-corrected chi connectivity index (χ4v) is 3.30. The van der Waals surface area contributed by atoms with Crippen molar-refractivity contribution in [3.63, 3.8) is 0 Å². The standard InChI is InChI=1S/C14H11IN4OS/c15-12-6-8-13(9-7-12)19-14(16-17-18-19)21(20)10-11-4-2-1-3-5-11/h1-9H,10H2. The van der Waals surface area contributed by atoms with Gasteiger partial charge in [-0.15, -0.1) is 0 Å². The average molecular weight is 410 g/mol. The molecule has 0 fully saturated rings. The third-order valence-electron chi connectivity index (χ3n) is 2.86. The Morgan fingerprint density at radius 1 is 1.05 bits per heavy atom. The molecule has 0 spiro atoms. The third-order valence-corrected chi connectivity index (χ3v) is 4.83. The summed E-state index contributed by atoms with van der Waals surface area (Å²) in [5.41, 5.74) is 1.80. The van der Waals surface area contributed by atoms with Crippen molar-refractivity contribution in [2.75, 3.05) is 0 Å². The van der Waals surface area contributed by atoms with E-state index in [-0.39, 0.29) is 0 Å². The van der Waals surface area contributed by atoms with Crippen molar-refractivity contribution in [3.05, 3.63) is 63.7 Å². The Bertz CT molecular complexity index is 758. The van der Waals surface area contributed by atoms with E-state index in [1.54, 1.807) is 0 Å². The number of aromatic nitrogens is 4. The summed E-state index contributed by atoms with van der Waals surface area (Å²) < 4.78 is 15.1. The van der Waals surface area contributed by atoms with Crippen LogP contribution in [0.5, 0.6) is 0 Å². The molecule has 0 aliphatic carbocycles. The molecule has 0 radical (unpaired) electrons. The molecule has 1 atom stereocenters. The molecule has 1 aromatic heterocycles. The molecule has 21 heavy (non-hydrogen) atoms. The first-order chi connectivity index (χ1) is 10.2. The van der Waals surface area contributed by atoms with E-state index >= 15 is 0 Å². The first-order valence-electron chi connectivity index (χ1n) is 6.20. The highest BCUT2D eigenvalue weighted by Crippen LogP contribution is 2.15. The summed E-state index contributed by atoms with van der Waals surface area (Å²) >= 11 is 2.23. The van der Waals surface area contributed by atoms with Gasteiger partial charge in [-0.1, -0.05) is 35.4 Å². The molecule has 0 N–H and O–H groups in total. The highest BCUT2D eigenvalue weighted by Gasteiger charge is 2.15. The van der Waals surface area contributed by atoms with E-state index in [1.807, 2.05) is 54.6 Å². The Morgan fingerprint density at radius 2 is 1.76 bits per heavy atom. The van der Waals surface area contributed by atoms with Crippen LogP contribution in [-0.2, 0) is 16.6 Å². The van der Waals surface area contributed by atoms with Gasteiger partial charge in [0.2, 0.25) is 5.16 Å². The SMILES string of the molecule is O=S(Cc1ccccc1)c1nnnn1-c1ccc(I)cc1. The lowest BCUT2D eigenvalue weighted by molar-refractivity contribution is 0.665. The monoisotopic (exact) mass is 410 g/mol. The minimum atomic E-state index is -1.30. The van der Waals surface area contributed by atoms with Crippen LogP contribution < -0.4 is 0 Å². The van der Waals surface area contributed by atoms with Gasteiger partial charge in [0.25, 0.3) is 0 Å². The van der Waals surface area contributed by atoms with Gasteiger partial charge in [0.15, 0.2) is 0 Å². The van der Waals surface area contributed by atoms with Gasteiger partial charge in [0.05, 0.1) is 22.2 Å². The van der Waals surface area contributed by atoms with Crippen LogP contribution in [0, 0.1) is 3.57 Å². The van der Waals surface area contributed by atoms with Crippen molar-refractivity contribution < 1.29 is 4.21 Å². The van der Waals surface area contributed by atoms with Crippen LogP contribution in [0.25, 0.3) is 5.69 Å². The summed E-state index contributed by atoms with van der Waals surface area (Å²) in [7, 11) is -1.30. The third kappa shape index (κ3) is 3.35. The maximum atomic E-state index is 12.5. The second-order valence-corrected chi connectivity index (χ2v) is 6.92. The lowest BCUT2D eigenvalue weighted by Crippen LogP contribution is -2.07. The summed E-state index contributed by atoms with van der Waals surface area (Å²) in [5, 5.41) is 11.9. The molecule has 0 aliphatic rings. The Balaban J connectivity index is 1.88. The highest BCUT2D eigenvalue weighted by atomic mass is 127. The Kier molecular flexibility index (Phi) is 4.39. The van der Waals surface area contributed by atoms with Crippen LogP contribution in [-0.4, -0.2) is 24.4 Å². The van der Waals surface area contributed by atoms with E-state index in [4.69, 9.17) is 0 Å². The van der Waals surface area contributed by atoms with Crippen LogP contribution in [0.3, 0.4) is 0 Å². The molecule has 1 unspecified atom stereocenters. The van der Waals surface area contributed by atoms with Crippen LogP contribution in [0.2, 0.25) is 0 Å². The quantitative estimate of drug-likeness (QED) is 0.621. The molecule has 106 valence electrons. The first-order valence-corrected chi connectivity index (χ1v) is 8.60. The van der Waals surface area contributed by atoms with Crippen LogP contribution in [0.1, 0.15) is 5.56 Å².